The van der Waals surface area contributed by atoms with E-state index >= 15 is 0 Å². The van der Waals surface area contributed by atoms with Crippen LogP contribution in [-0.4, -0.2) is 72.8 Å². The van der Waals surface area contributed by atoms with Crippen LogP contribution in [0.4, 0.5) is 5.69 Å². The summed E-state index contributed by atoms with van der Waals surface area (Å²) in [5.74, 6) is -1.90. The number of aliphatic hydroxyl groups excluding tert-OH is 1. The first kappa shape index (κ1) is 26.2. The van der Waals surface area contributed by atoms with Gasteiger partial charge in [-0.2, -0.15) is 0 Å². The van der Waals surface area contributed by atoms with Crippen LogP contribution in [-0.2, 0) is 19.9 Å². The maximum atomic E-state index is 14.2. The number of benzene rings is 2. The summed E-state index contributed by atoms with van der Waals surface area (Å²) in [5, 5.41) is 11.5. The van der Waals surface area contributed by atoms with Gasteiger partial charge < -0.3 is 24.5 Å². The molecule has 1 spiro atoms. The number of ether oxygens (including phenoxy) is 1. The average molecular weight is 504 g/mol. The summed E-state index contributed by atoms with van der Waals surface area (Å²) in [7, 11) is 3.83. The first-order valence-electron chi connectivity index (χ1n) is 12.5. The number of aliphatic hydroxyl groups is 1. The quantitative estimate of drug-likeness (QED) is 0.231. The molecule has 194 valence electrons. The lowest BCUT2D eigenvalue weighted by molar-refractivity contribution is -0.143. The van der Waals surface area contributed by atoms with Gasteiger partial charge in [0.15, 0.2) is 5.54 Å². The number of para-hydroxylation sites is 1. The van der Waals surface area contributed by atoms with Gasteiger partial charge in [0.2, 0.25) is 0 Å². The zero-order valence-corrected chi connectivity index (χ0v) is 21.6. The number of Topliss-reactive ketones (excluding diaryl/α,β-unsaturated/α-hetero) is 1. The van der Waals surface area contributed by atoms with E-state index in [4.69, 9.17) is 4.74 Å². The zero-order chi connectivity index (χ0) is 26.7. The van der Waals surface area contributed by atoms with Crippen LogP contribution >= 0.6 is 0 Å². The van der Waals surface area contributed by atoms with Gasteiger partial charge in [-0.15, -0.1) is 6.58 Å². The Hall–Kier alpha value is -3.91. The Kier molecular flexibility index (Phi) is 7.50. The van der Waals surface area contributed by atoms with Crippen molar-refractivity contribution in [1.82, 2.24) is 9.80 Å². The molecule has 2 aliphatic heterocycles. The second-order valence-electron chi connectivity index (χ2n) is 9.47. The maximum Gasteiger partial charge on any atom is 0.296 e. The van der Waals surface area contributed by atoms with Crippen LogP contribution in [0, 0.1) is 0 Å². The number of amides is 2. The van der Waals surface area contributed by atoms with E-state index in [0.29, 0.717) is 42.1 Å². The third-order valence-electron chi connectivity index (χ3n) is 6.71. The van der Waals surface area contributed by atoms with Gasteiger partial charge in [-0.25, -0.2) is 0 Å². The van der Waals surface area contributed by atoms with Gasteiger partial charge in [-0.1, -0.05) is 31.2 Å². The zero-order valence-electron chi connectivity index (χ0n) is 21.6. The van der Waals surface area contributed by atoms with Crippen molar-refractivity contribution >= 4 is 29.0 Å². The molecule has 1 N–H and O–H groups in total. The van der Waals surface area contributed by atoms with Gasteiger partial charge >= 0.3 is 0 Å². The molecular formula is C29H33N3O5. The van der Waals surface area contributed by atoms with Gasteiger partial charge in [0.25, 0.3) is 17.6 Å². The van der Waals surface area contributed by atoms with Crippen molar-refractivity contribution in [2.24, 2.45) is 0 Å². The number of hydrogen-bond acceptors (Lipinski definition) is 6. The molecule has 1 saturated heterocycles. The van der Waals surface area contributed by atoms with Gasteiger partial charge in [0.05, 0.1) is 17.9 Å². The summed E-state index contributed by atoms with van der Waals surface area (Å²) in [5.41, 5.74) is -0.575. The predicted octanol–water partition coefficient (Wildman–Crippen LogP) is 3.54. The molecule has 2 amide bonds. The number of carbonyl (C=O) groups is 3. The van der Waals surface area contributed by atoms with Crippen LogP contribution in [0.1, 0.15) is 30.9 Å². The summed E-state index contributed by atoms with van der Waals surface area (Å²) in [6, 6.07) is 13.7. The molecular weight excluding hydrogens is 470 g/mol. The van der Waals surface area contributed by atoms with E-state index in [-0.39, 0.29) is 24.4 Å². The molecule has 1 unspecified atom stereocenters. The first-order valence-corrected chi connectivity index (χ1v) is 12.5. The lowest BCUT2D eigenvalue weighted by Gasteiger charge is -2.34. The minimum atomic E-state index is -1.76. The Balaban J connectivity index is 1.92. The van der Waals surface area contributed by atoms with E-state index in [1.165, 1.54) is 9.80 Å². The fourth-order valence-electron chi connectivity index (χ4n) is 5.10. The van der Waals surface area contributed by atoms with Gasteiger partial charge in [0, 0.05) is 24.2 Å². The van der Waals surface area contributed by atoms with E-state index < -0.39 is 23.1 Å². The highest BCUT2D eigenvalue weighted by molar-refractivity contribution is 6.50. The molecule has 1 fully saturated rings. The van der Waals surface area contributed by atoms with Crippen molar-refractivity contribution < 1.29 is 24.2 Å². The summed E-state index contributed by atoms with van der Waals surface area (Å²) in [6.45, 7) is 7.36. The van der Waals surface area contributed by atoms with Crippen molar-refractivity contribution in [3.05, 3.63) is 77.9 Å². The number of fused-ring (bicyclic) bond motifs is 2. The number of nitrogens with zero attached hydrogens (tertiary/aromatic N) is 3. The largest absolute Gasteiger partial charge is 0.507 e. The van der Waals surface area contributed by atoms with E-state index in [2.05, 4.69) is 6.58 Å². The molecule has 37 heavy (non-hydrogen) atoms. The fourth-order valence-corrected chi connectivity index (χ4v) is 5.10. The Bertz CT molecular complexity index is 1250. The molecule has 2 aromatic carbocycles. The van der Waals surface area contributed by atoms with E-state index in [1.54, 1.807) is 54.6 Å². The lowest BCUT2D eigenvalue weighted by Crippen LogP contribution is -2.52. The number of ketones is 1. The van der Waals surface area contributed by atoms with E-state index in [0.717, 1.165) is 6.42 Å². The van der Waals surface area contributed by atoms with Gasteiger partial charge in [0.1, 0.15) is 11.5 Å². The van der Waals surface area contributed by atoms with Crippen LogP contribution < -0.4 is 9.64 Å². The number of hydrogen-bond donors (Lipinski definition) is 1. The Morgan fingerprint density at radius 3 is 2.46 bits per heavy atom. The highest BCUT2D eigenvalue weighted by Crippen LogP contribution is 2.53. The topological polar surface area (TPSA) is 90.4 Å². The molecule has 4 rings (SSSR count). The Labute approximate surface area is 217 Å². The highest BCUT2D eigenvalue weighted by atomic mass is 16.5. The molecule has 1 atom stereocenters. The SMILES string of the molecule is C=CCN1C(=O)C2(/C(=C(/O)c3ccc(OCCC)cc3)C(=O)C(=O)N2CCCN(C)C)c2ccccc21. The molecule has 0 aliphatic carbocycles. The summed E-state index contributed by atoms with van der Waals surface area (Å²) in [4.78, 5) is 46.1. The van der Waals surface area contributed by atoms with E-state index in [1.807, 2.05) is 25.9 Å². The molecule has 0 radical (unpaired) electrons. The van der Waals surface area contributed by atoms with Gasteiger partial charge in [-0.3, -0.25) is 14.4 Å². The third kappa shape index (κ3) is 4.31. The number of carbonyl (C=O) groups excluding carboxylic acids is 3. The fraction of sp³-hybridized carbons (Fsp3) is 0.345. The molecule has 2 aliphatic rings. The molecule has 0 saturated carbocycles. The molecule has 2 aromatic rings. The standard InChI is InChI=1S/C29H33N3O5/c1-5-16-31-23-11-8-7-10-22(23)29(28(31)36)24(26(34)27(35)32(29)18-9-17-30(3)4)25(33)20-12-14-21(15-13-20)37-19-6-2/h5,7-8,10-15,33H,1,6,9,16-19H2,2-4H3/b25-24+. The molecule has 8 heteroatoms. The third-order valence-corrected chi connectivity index (χ3v) is 6.71. The number of rotatable bonds is 10. The second kappa shape index (κ2) is 10.6. The van der Waals surface area contributed by atoms with Crippen LogP contribution in [0.3, 0.4) is 0 Å². The minimum absolute atomic E-state index is 0.172. The normalized spacial score (nSPS) is 20.3. The lowest BCUT2D eigenvalue weighted by atomic mass is 9.82. The van der Waals surface area contributed by atoms with Crippen molar-refractivity contribution in [3.63, 3.8) is 0 Å². The minimum Gasteiger partial charge on any atom is -0.507 e. The summed E-state index contributed by atoms with van der Waals surface area (Å²) < 4.78 is 5.63. The maximum absolute atomic E-state index is 14.2. The van der Waals surface area contributed by atoms with Crippen molar-refractivity contribution in [3.8, 4) is 5.75 Å². The second-order valence-corrected chi connectivity index (χ2v) is 9.47. The van der Waals surface area contributed by atoms with Crippen molar-refractivity contribution in [2.45, 2.75) is 25.3 Å². The monoisotopic (exact) mass is 503 g/mol. The van der Waals surface area contributed by atoms with Crippen LogP contribution in [0.25, 0.3) is 5.76 Å². The van der Waals surface area contributed by atoms with Crippen LogP contribution in [0.5, 0.6) is 5.75 Å². The van der Waals surface area contributed by atoms with E-state index in [9.17, 15) is 19.5 Å². The molecule has 8 nitrogen and oxygen atoms in total. The predicted molar refractivity (Wildman–Crippen MR) is 142 cm³/mol. The number of likely N-dealkylation sites (tertiary alicyclic amines) is 1. The molecule has 0 aromatic heterocycles. The van der Waals surface area contributed by atoms with Gasteiger partial charge in [-0.05, 0) is 63.8 Å². The first-order chi connectivity index (χ1) is 17.8. The smallest absolute Gasteiger partial charge is 0.296 e. The van der Waals surface area contributed by atoms with Crippen molar-refractivity contribution in [1.29, 1.82) is 0 Å². The Morgan fingerprint density at radius 1 is 1.11 bits per heavy atom. The van der Waals surface area contributed by atoms with Crippen LogP contribution in [0.15, 0.2) is 66.8 Å². The average Bonchev–Trinajstić information content (AvgIpc) is 3.26. The number of anilines is 1. The summed E-state index contributed by atoms with van der Waals surface area (Å²) in [6.07, 6.45) is 2.99. The molecule has 2 heterocycles. The molecule has 0 bridgehead atoms. The Morgan fingerprint density at radius 2 is 1.81 bits per heavy atom. The highest BCUT2D eigenvalue weighted by Gasteiger charge is 2.66. The van der Waals surface area contributed by atoms with Crippen molar-refractivity contribution in [2.75, 3.05) is 45.2 Å². The van der Waals surface area contributed by atoms with Crippen LogP contribution in [0.2, 0.25) is 0 Å². The summed E-state index contributed by atoms with van der Waals surface area (Å²) >= 11 is 0.